The van der Waals surface area contributed by atoms with E-state index in [2.05, 4.69) is 15.5 Å². The van der Waals surface area contributed by atoms with Gasteiger partial charge in [0.15, 0.2) is 5.82 Å². The van der Waals surface area contributed by atoms with Crippen LogP contribution in [0.3, 0.4) is 0 Å². The molecule has 1 amide bonds. The fourth-order valence-electron chi connectivity index (χ4n) is 2.42. The van der Waals surface area contributed by atoms with Crippen LogP contribution >= 0.6 is 11.8 Å². The van der Waals surface area contributed by atoms with Crippen molar-refractivity contribution in [3.8, 4) is 0 Å². The number of nitrogens with one attached hydrogen (secondary N) is 1. The average molecular weight is 403 g/mol. The zero-order chi connectivity index (χ0) is 20.3. The van der Waals surface area contributed by atoms with Crippen LogP contribution in [0.5, 0.6) is 0 Å². The number of nitrogen functional groups attached to an aromatic ring is 1. The van der Waals surface area contributed by atoms with Gasteiger partial charge >= 0.3 is 0 Å². The number of halogens is 2. The molecule has 0 saturated carbocycles. The highest BCUT2D eigenvalue weighted by atomic mass is 32.2. The maximum absolute atomic E-state index is 13.6. The largest absolute Gasteiger partial charge is 0.336 e. The van der Waals surface area contributed by atoms with Crippen molar-refractivity contribution < 1.29 is 13.6 Å². The van der Waals surface area contributed by atoms with E-state index in [1.165, 1.54) is 22.9 Å². The van der Waals surface area contributed by atoms with Crippen LogP contribution in [0.4, 0.5) is 14.5 Å². The minimum Gasteiger partial charge on any atom is -0.336 e. The van der Waals surface area contributed by atoms with Gasteiger partial charge in [-0.1, -0.05) is 30.0 Å². The summed E-state index contributed by atoms with van der Waals surface area (Å²) < 4.78 is 27.9. The molecule has 0 aliphatic rings. The monoisotopic (exact) mass is 403 g/mol. The molecule has 0 aliphatic carbocycles. The molecule has 1 aromatic heterocycles. The molecule has 2 aromatic carbocycles. The third-order valence-corrected chi connectivity index (χ3v) is 5.16. The second-order valence-electron chi connectivity index (χ2n) is 6.29. The van der Waals surface area contributed by atoms with Gasteiger partial charge in [-0.05, 0) is 49.2 Å². The molecule has 0 radical (unpaired) electrons. The molecule has 3 N–H and O–H groups in total. The number of aromatic nitrogens is 3. The van der Waals surface area contributed by atoms with E-state index in [0.29, 0.717) is 28.7 Å². The standard InChI is InChI=1S/C19H19F2N5OS/c1-11-3-8-15(10-16(11)21)23-18(27)12(2)28-19-25-24-17(26(19)22)9-13-4-6-14(20)7-5-13/h3-8,10,12H,9,22H2,1-2H3,(H,23,27)/t12-/m0/s1. The molecule has 1 atom stereocenters. The van der Waals surface area contributed by atoms with Gasteiger partial charge in [0.2, 0.25) is 11.1 Å². The molecule has 0 aliphatic heterocycles. The van der Waals surface area contributed by atoms with Crippen molar-refractivity contribution in [2.75, 3.05) is 11.2 Å². The highest BCUT2D eigenvalue weighted by Crippen LogP contribution is 2.23. The first-order chi connectivity index (χ1) is 13.3. The number of amides is 1. The first kappa shape index (κ1) is 19.8. The Morgan fingerprint density at radius 2 is 1.93 bits per heavy atom. The summed E-state index contributed by atoms with van der Waals surface area (Å²) in [7, 11) is 0. The van der Waals surface area contributed by atoms with Gasteiger partial charge in [0.25, 0.3) is 0 Å². The summed E-state index contributed by atoms with van der Waals surface area (Å²) in [5, 5.41) is 10.6. The number of carbonyl (C=O) groups excluding carboxylic acids is 1. The molecule has 0 bridgehead atoms. The number of nitrogens with zero attached hydrogens (tertiary/aromatic N) is 3. The lowest BCUT2D eigenvalue weighted by atomic mass is 10.1. The highest BCUT2D eigenvalue weighted by molar-refractivity contribution is 8.00. The lowest BCUT2D eigenvalue weighted by molar-refractivity contribution is -0.115. The quantitative estimate of drug-likeness (QED) is 0.487. The molecule has 146 valence electrons. The average Bonchev–Trinajstić information content (AvgIpc) is 3.00. The van der Waals surface area contributed by atoms with Crippen molar-refractivity contribution in [3.05, 3.63) is 71.1 Å². The van der Waals surface area contributed by atoms with E-state index in [1.807, 2.05) is 0 Å². The number of rotatable bonds is 6. The molecule has 0 fully saturated rings. The molecule has 6 nitrogen and oxygen atoms in total. The number of hydrogen-bond donors (Lipinski definition) is 2. The lowest BCUT2D eigenvalue weighted by Crippen LogP contribution is -2.24. The third kappa shape index (κ3) is 4.66. The van der Waals surface area contributed by atoms with Crippen LogP contribution in [0, 0.1) is 18.6 Å². The minimum absolute atomic E-state index is 0.309. The van der Waals surface area contributed by atoms with Gasteiger partial charge in [0.1, 0.15) is 11.6 Å². The SMILES string of the molecule is Cc1ccc(NC(=O)[C@H](C)Sc2nnc(Cc3ccc(F)cc3)n2N)cc1F. The van der Waals surface area contributed by atoms with Crippen LogP contribution in [0.25, 0.3) is 0 Å². The zero-order valence-electron chi connectivity index (χ0n) is 15.3. The fourth-order valence-corrected chi connectivity index (χ4v) is 3.21. The minimum atomic E-state index is -0.533. The predicted octanol–water partition coefficient (Wildman–Crippen LogP) is 3.29. The van der Waals surface area contributed by atoms with Gasteiger partial charge in [-0.15, -0.1) is 10.2 Å². The number of nitrogens with two attached hydrogens (primary N) is 1. The van der Waals surface area contributed by atoms with E-state index in [-0.39, 0.29) is 17.5 Å². The summed E-state index contributed by atoms with van der Waals surface area (Å²) in [4.78, 5) is 12.4. The molecule has 0 unspecified atom stereocenters. The van der Waals surface area contributed by atoms with Crippen molar-refractivity contribution in [1.82, 2.24) is 14.9 Å². The van der Waals surface area contributed by atoms with E-state index in [9.17, 15) is 13.6 Å². The number of aryl methyl sites for hydroxylation is 1. The molecule has 3 rings (SSSR count). The molecule has 0 saturated heterocycles. The molecule has 0 spiro atoms. The van der Waals surface area contributed by atoms with E-state index in [4.69, 9.17) is 5.84 Å². The molecule has 1 heterocycles. The Hall–Kier alpha value is -2.94. The Balaban J connectivity index is 1.64. The molecule has 28 heavy (non-hydrogen) atoms. The Morgan fingerprint density at radius 3 is 2.61 bits per heavy atom. The highest BCUT2D eigenvalue weighted by Gasteiger charge is 2.20. The Bertz CT molecular complexity index is 990. The normalized spacial score (nSPS) is 12.0. The smallest absolute Gasteiger partial charge is 0.237 e. The van der Waals surface area contributed by atoms with Crippen LogP contribution < -0.4 is 11.2 Å². The van der Waals surface area contributed by atoms with Gasteiger partial charge < -0.3 is 11.2 Å². The third-order valence-electron chi connectivity index (χ3n) is 4.10. The number of benzene rings is 2. The van der Waals surface area contributed by atoms with Crippen LogP contribution in [-0.2, 0) is 11.2 Å². The summed E-state index contributed by atoms with van der Waals surface area (Å²) in [6.45, 7) is 3.34. The first-order valence-corrected chi connectivity index (χ1v) is 9.39. The van der Waals surface area contributed by atoms with Gasteiger partial charge in [0.05, 0.1) is 5.25 Å². The summed E-state index contributed by atoms with van der Waals surface area (Å²) in [6.07, 6.45) is 0.383. The van der Waals surface area contributed by atoms with Crippen molar-refractivity contribution in [1.29, 1.82) is 0 Å². The van der Waals surface area contributed by atoms with Gasteiger partial charge in [-0.3, -0.25) is 4.79 Å². The van der Waals surface area contributed by atoms with Gasteiger partial charge in [0, 0.05) is 12.1 Å². The summed E-state index contributed by atoms with van der Waals surface area (Å²) in [5.74, 6) is 5.51. The van der Waals surface area contributed by atoms with Crippen molar-refractivity contribution in [2.45, 2.75) is 30.7 Å². The molecular weight excluding hydrogens is 384 g/mol. The summed E-state index contributed by atoms with van der Waals surface area (Å²) >= 11 is 1.14. The molecule has 9 heteroatoms. The number of anilines is 1. The summed E-state index contributed by atoms with van der Waals surface area (Å²) in [6, 6.07) is 10.5. The number of carbonyl (C=O) groups is 1. The molecular formula is C19H19F2N5OS. The van der Waals surface area contributed by atoms with Crippen molar-refractivity contribution in [3.63, 3.8) is 0 Å². The zero-order valence-corrected chi connectivity index (χ0v) is 16.1. The van der Waals surface area contributed by atoms with Crippen molar-refractivity contribution >= 4 is 23.4 Å². The van der Waals surface area contributed by atoms with E-state index in [1.54, 1.807) is 38.1 Å². The first-order valence-electron chi connectivity index (χ1n) is 8.51. The van der Waals surface area contributed by atoms with Crippen molar-refractivity contribution in [2.24, 2.45) is 0 Å². The lowest BCUT2D eigenvalue weighted by Gasteiger charge is -2.12. The number of hydrogen-bond acceptors (Lipinski definition) is 5. The maximum atomic E-state index is 13.6. The van der Waals surface area contributed by atoms with Crippen LogP contribution in [0.2, 0.25) is 0 Å². The maximum Gasteiger partial charge on any atom is 0.237 e. The second-order valence-corrected chi connectivity index (χ2v) is 7.59. The molecule has 3 aromatic rings. The topological polar surface area (TPSA) is 85.8 Å². The number of thioether (sulfide) groups is 1. The second kappa shape index (κ2) is 8.39. The Kier molecular flexibility index (Phi) is 5.93. The van der Waals surface area contributed by atoms with Crippen LogP contribution in [-0.4, -0.2) is 26.0 Å². The van der Waals surface area contributed by atoms with E-state index >= 15 is 0 Å². The van der Waals surface area contributed by atoms with Crippen LogP contribution in [0.1, 0.15) is 23.9 Å². The van der Waals surface area contributed by atoms with Gasteiger partial charge in [-0.25, -0.2) is 13.5 Å². The Morgan fingerprint density at radius 1 is 1.21 bits per heavy atom. The van der Waals surface area contributed by atoms with E-state index < -0.39 is 5.25 Å². The van der Waals surface area contributed by atoms with E-state index in [0.717, 1.165) is 17.3 Å². The fraction of sp³-hybridized carbons (Fsp3) is 0.211. The predicted molar refractivity (Wildman–Crippen MR) is 104 cm³/mol. The van der Waals surface area contributed by atoms with Gasteiger partial charge in [-0.2, -0.15) is 0 Å². The summed E-state index contributed by atoms with van der Waals surface area (Å²) in [5.41, 5.74) is 1.72. The van der Waals surface area contributed by atoms with Crippen LogP contribution in [0.15, 0.2) is 47.6 Å². The Labute approximate surface area is 165 Å².